The molecule has 4 N–H and O–H groups in total. The molecule has 5 saturated heterocycles. The standard InChI is InChI=1S/C26H39N5O8/c32-21-10-19-22(33)23(34)20(39-19)11-27-24(35)18-13-29(5-6-30(18)25(36)14-1-2-14)26(37)17-9-15(28-21)12-31(17)16-3-7-38-8-4-16/h14-20,22-23,33-34H,1-13H2,(H,27,35)(H,28,32)/t15-,17-,18-,19-,20+,22-,23+/m0/s1. The van der Waals surface area contributed by atoms with E-state index in [4.69, 9.17) is 9.47 Å². The van der Waals surface area contributed by atoms with Crippen LogP contribution in [0.2, 0.25) is 0 Å². The summed E-state index contributed by atoms with van der Waals surface area (Å²) in [5.41, 5.74) is 0. The predicted molar refractivity (Wildman–Crippen MR) is 134 cm³/mol. The van der Waals surface area contributed by atoms with Gasteiger partial charge in [-0.3, -0.25) is 24.1 Å². The second kappa shape index (κ2) is 10.9. The first-order chi connectivity index (χ1) is 18.8. The fraction of sp³-hybridized carbons (Fsp3) is 0.846. The molecule has 1 saturated carbocycles. The number of aliphatic hydroxyl groups excluding tert-OH is 2. The third-order valence-electron chi connectivity index (χ3n) is 9.18. The van der Waals surface area contributed by atoms with Gasteiger partial charge in [0.25, 0.3) is 0 Å². The number of aliphatic hydroxyl groups is 2. The van der Waals surface area contributed by atoms with E-state index in [0.717, 1.165) is 25.7 Å². The summed E-state index contributed by atoms with van der Waals surface area (Å²) >= 11 is 0. The van der Waals surface area contributed by atoms with Crippen molar-refractivity contribution in [3.05, 3.63) is 0 Å². The number of nitrogens with zero attached hydrogens (tertiary/aromatic N) is 3. The molecule has 6 aliphatic rings. The average molecular weight is 550 g/mol. The summed E-state index contributed by atoms with van der Waals surface area (Å²) in [5.74, 6) is -0.960. The predicted octanol–water partition coefficient (Wildman–Crippen LogP) is -2.82. The summed E-state index contributed by atoms with van der Waals surface area (Å²) in [6, 6.07) is -1.43. The van der Waals surface area contributed by atoms with Gasteiger partial charge < -0.3 is 40.1 Å². The summed E-state index contributed by atoms with van der Waals surface area (Å²) in [4.78, 5) is 58.9. The van der Waals surface area contributed by atoms with E-state index >= 15 is 0 Å². The van der Waals surface area contributed by atoms with E-state index in [1.165, 1.54) is 0 Å². The van der Waals surface area contributed by atoms with E-state index in [1.807, 2.05) is 0 Å². The van der Waals surface area contributed by atoms with E-state index in [1.54, 1.807) is 9.80 Å². The summed E-state index contributed by atoms with van der Waals surface area (Å²) in [6.45, 7) is 2.34. The van der Waals surface area contributed by atoms with Gasteiger partial charge in [0.05, 0.1) is 25.1 Å². The molecule has 13 nitrogen and oxygen atoms in total. The SMILES string of the molecule is O=C1C[C@@H]2O[C@H](CNC(=O)[C@@H]3CN(CCN3C(=O)C3CC3)C(=O)[C@@H]3C[C@@H](CN3C3CCOCC3)N1)[C@@H](O)[C@H]2O. The van der Waals surface area contributed by atoms with Gasteiger partial charge in [-0.25, -0.2) is 0 Å². The number of piperazine rings is 1. The van der Waals surface area contributed by atoms with Crippen LogP contribution in [0.15, 0.2) is 0 Å². The average Bonchev–Trinajstić information content (AvgIpc) is 3.66. The van der Waals surface area contributed by atoms with Crippen LogP contribution in [0, 0.1) is 5.92 Å². The smallest absolute Gasteiger partial charge is 0.244 e. The molecule has 0 aromatic rings. The molecule has 7 atom stereocenters. The van der Waals surface area contributed by atoms with Gasteiger partial charge in [0.2, 0.25) is 23.6 Å². The van der Waals surface area contributed by atoms with Crippen molar-refractivity contribution >= 4 is 23.6 Å². The molecule has 216 valence electrons. The lowest BCUT2D eigenvalue weighted by Crippen LogP contribution is -2.64. The second-order valence-corrected chi connectivity index (χ2v) is 11.8. The van der Waals surface area contributed by atoms with Gasteiger partial charge in [0.15, 0.2) is 0 Å². The van der Waals surface area contributed by atoms with Crippen LogP contribution >= 0.6 is 0 Å². The number of fused-ring (bicyclic) bond motifs is 6. The quantitative estimate of drug-likeness (QED) is 0.285. The molecule has 0 radical (unpaired) electrons. The van der Waals surface area contributed by atoms with Crippen molar-refractivity contribution in [3.8, 4) is 0 Å². The Balaban J connectivity index is 1.28. The van der Waals surface area contributed by atoms with E-state index in [-0.39, 0.29) is 61.8 Å². The molecule has 13 heteroatoms. The van der Waals surface area contributed by atoms with E-state index in [0.29, 0.717) is 32.7 Å². The Morgan fingerprint density at radius 1 is 0.923 bits per heavy atom. The summed E-state index contributed by atoms with van der Waals surface area (Å²) in [5, 5.41) is 26.9. The molecular weight excluding hydrogens is 510 g/mol. The Morgan fingerprint density at radius 3 is 2.41 bits per heavy atom. The number of carbonyl (C=O) groups excluding carboxylic acids is 4. The molecule has 6 rings (SSSR count). The Hall–Kier alpha value is -2.32. The normalized spacial score (nSPS) is 39.0. The van der Waals surface area contributed by atoms with Crippen LogP contribution in [0.3, 0.4) is 0 Å². The highest BCUT2D eigenvalue weighted by atomic mass is 16.5. The van der Waals surface area contributed by atoms with Crippen molar-refractivity contribution in [2.75, 3.05) is 45.9 Å². The Labute approximate surface area is 227 Å². The Morgan fingerprint density at radius 2 is 1.67 bits per heavy atom. The largest absolute Gasteiger partial charge is 0.388 e. The monoisotopic (exact) mass is 549 g/mol. The van der Waals surface area contributed by atoms with Crippen LogP contribution in [-0.4, -0.2) is 143 Å². The minimum Gasteiger partial charge on any atom is -0.388 e. The summed E-state index contributed by atoms with van der Waals surface area (Å²) in [7, 11) is 0. The lowest BCUT2D eigenvalue weighted by atomic mass is 10.0. The van der Waals surface area contributed by atoms with Gasteiger partial charge in [0, 0.05) is 57.4 Å². The van der Waals surface area contributed by atoms with Crippen LogP contribution in [-0.2, 0) is 28.7 Å². The van der Waals surface area contributed by atoms with E-state index < -0.39 is 42.4 Å². The van der Waals surface area contributed by atoms with Gasteiger partial charge in [-0.1, -0.05) is 0 Å². The third-order valence-corrected chi connectivity index (χ3v) is 9.18. The molecule has 39 heavy (non-hydrogen) atoms. The number of likely N-dealkylation sites (tertiary alicyclic amines) is 1. The van der Waals surface area contributed by atoms with Gasteiger partial charge in [0.1, 0.15) is 24.4 Å². The number of nitrogens with one attached hydrogen (secondary N) is 2. The number of hydrogen-bond acceptors (Lipinski definition) is 9. The zero-order valence-corrected chi connectivity index (χ0v) is 22.1. The van der Waals surface area contributed by atoms with Gasteiger partial charge in [-0.2, -0.15) is 0 Å². The molecule has 1 aliphatic carbocycles. The first kappa shape index (κ1) is 26.9. The number of carbonyl (C=O) groups is 4. The molecule has 0 unspecified atom stereocenters. The minimum atomic E-state index is -1.27. The fourth-order valence-corrected chi connectivity index (χ4v) is 6.83. The molecular formula is C26H39N5O8. The molecule has 5 heterocycles. The van der Waals surface area contributed by atoms with Gasteiger partial charge in [-0.05, 0) is 32.1 Å². The maximum atomic E-state index is 14.0. The summed E-state index contributed by atoms with van der Waals surface area (Å²) in [6.07, 6.45) is -0.878. The topological polar surface area (TPSA) is 161 Å². The van der Waals surface area contributed by atoms with Gasteiger partial charge in [-0.15, -0.1) is 0 Å². The zero-order valence-electron chi connectivity index (χ0n) is 22.1. The van der Waals surface area contributed by atoms with Crippen LogP contribution in [0.5, 0.6) is 0 Å². The lowest BCUT2D eigenvalue weighted by Gasteiger charge is -2.43. The fourth-order valence-electron chi connectivity index (χ4n) is 6.83. The van der Waals surface area contributed by atoms with Crippen molar-refractivity contribution < 1.29 is 38.9 Å². The van der Waals surface area contributed by atoms with Gasteiger partial charge >= 0.3 is 0 Å². The van der Waals surface area contributed by atoms with Crippen LogP contribution in [0.1, 0.15) is 38.5 Å². The highest BCUT2D eigenvalue weighted by Crippen LogP contribution is 2.33. The first-order valence-corrected chi connectivity index (χ1v) is 14.3. The molecule has 0 aromatic carbocycles. The van der Waals surface area contributed by atoms with E-state index in [9.17, 15) is 29.4 Å². The number of amides is 4. The van der Waals surface area contributed by atoms with Crippen molar-refractivity contribution in [1.82, 2.24) is 25.3 Å². The number of hydrogen-bond donors (Lipinski definition) is 4. The molecule has 0 spiro atoms. The highest BCUT2D eigenvalue weighted by Gasteiger charge is 2.48. The maximum absolute atomic E-state index is 14.0. The lowest BCUT2D eigenvalue weighted by molar-refractivity contribution is -0.151. The zero-order chi connectivity index (χ0) is 27.3. The Kier molecular flexibility index (Phi) is 7.53. The van der Waals surface area contributed by atoms with Crippen LogP contribution in [0.25, 0.3) is 0 Å². The maximum Gasteiger partial charge on any atom is 0.244 e. The van der Waals surface area contributed by atoms with Crippen LogP contribution in [0.4, 0.5) is 0 Å². The van der Waals surface area contributed by atoms with Crippen molar-refractivity contribution in [2.45, 2.75) is 87.1 Å². The number of rotatable bonds is 2. The second-order valence-electron chi connectivity index (χ2n) is 11.8. The highest BCUT2D eigenvalue weighted by molar-refractivity contribution is 5.91. The first-order valence-electron chi connectivity index (χ1n) is 14.3. The molecule has 5 aliphatic heterocycles. The van der Waals surface area contributed by atoms with Crippen LogP contribution < -0.4 is 10.6 Å². The molecule has 4 amide bonds. The third kappa shape index (κ3) is 5.39. The molecule has 6 fully saturated rings. The van der Waals surface area contributed by atoms with Crippen molar-refractivity contribution in [3.63, 3.8) is 0 Å². The van der Waals surface area contributed by atoms with Crippen molar-refractivity contribution in [1.29, 1.82) is 0 Å². The molecule has 0 aromatic heterocycles. The van der Waals surface area contributed by atoms with Crippen molar-refractivity contribution in [2.24, 2.45) is 5.92 Å². The molecule has 6 bridgehead atoms. The summed E-state index contributed by atoms with van der Waals surface area (Å²) < 4.78 is 11.3. The van der Waals surface area contributed by atoms with E-state index in [2.05, 4.69) is 15.5 Å². The number of ether oxygens (including phenoxy) is 2. The minimum absolute atomic E-state index is 0.0586. The Bertz CT molecular complexity index is 987.